The second-order valence-corrected chi connectivity index (χ2v) is 8.36. The quantitative estimate of drug-likeness (QED) is 0.666. The highest BCUT2D eigenvalue weighted by Crippen LogP contribution is 2.23. The van der Waals surface area contributed by atoms with Gasteiger partial charge < -0.3 is 9.47 Å². The molecule has 0 saturated carbocycles. The summed E-state index contributed by atoms with van der Waals surface area (Å²) in [5, 5.41) is 4.85. The van der Waals surface area contributed by atoms with Gasteiger partial charge >= 0.3 is 0 Å². The van der Waals surface area contributed by atoms with Crippen LogP contribution in [0.3, 0.4) is 0 Å². The Morgan fingerprint density at radius 3 is 2.46 bits per heavy atom. The van der Waals surface area contributed by atoms with E-state index in [0.29, 0.717) is 32.0 Å². The summed E-state index contributed by atoms with van der Waals surface area (Å²) in [7, 11) is -1.82. The van der Waals surface area contributed by atoms with Crippen molar-refractivity contribution in [3.63, 3.8) is 0 Å². The van der Waals surface area contributed by atoms with Crippen molar-refractivity contribution in [3.8, 4) is 0 Å². The summed E-state index contributed by atoms with van der Waals surface area (Å²) < 4.78 is 30.7. The van der Waals surface area contributed by atoms with Crippen LogP contribution in [0.2, 0.25) is 0 Å². The molecule has 0 radical (unpaired) electrons. The van der Waals surface area contributed by atoms with Gasteiger partial charge in [-0.15, -0.1) is 5.10 Å². The number of hydrogen-bond acceptors (Lipinski definition) is 6. The normalized spacial score (nSPS) is 16.5. The first-order valence-electron chi connectivity index (χ1n) is 8.42. The maximum Gasteiger partial charge on any atom is 0.260 e. The van der Waals surface area contributed by atoms with Crippen LogP contribution in [0, 0.1) is 13.8 Å². The van der Waals surface area contributed by atoms with Gasteiger partial charge in [0.15, 0.2) is 16.5 Å². The van der Waals surface area contributed by atoms with E-state index in [2.05, 4.69) is 20.0 Å². The smallest absolute Gasteiger partial charge is 0.260 e. The van der Waals surface area contributed by atoms with Crippen molar-refractivity contribution in [1.29, 1.82) is 0 Å². The van der Waals surface area contributed by atoms with E-state index in [0.717, 1.165) is 17.0 Å². The second-order valence-electron chi connectivity index (χ2n) is 6.47. The van der Waals surface area contributed by atoms with Gasteiger partial charge in [-0.3, -0.25) is 0 Å². The zero-order valence-corrected chi connectivity index (χ0v) is 15.8. The van der Waals surface area contributed by atoms with Gasteiger partial charge in [-0.05, 0) is 25.5 Å². The molecule has 10 heteroatoms. The van der Waals surface area contributed by atoms with Crippen molar-refractivity contribution >= 4 is 21.5 Å². The van der Waals surface area contributed by atoms with Crippen molar-refractivity contribution < 1.29 is 8.42 Å². The lowest BCUT2D eigenvalue weighted by Crippen LogP contribution is -2.49. The molecule has 4 heterocycles. The number of aromatic nitrogens is 5. The Kier molecular flexibility index (Phi) is 3.96. The number of piperazine rings is 1. The van der Waals surface area contributed by atoms with Crippen molar-refractivity contribution in [1.82, 2.24) is 28.5 Å². The maximum absolute atomic E-state index is 12.9. The molecule has 138 valence electrons. The van der Waals surface area contributed by atoms with Crippen LogP contribution in [-0.4, -0.2) is 63.1 Å². The summed E-state index contributed by atoms with van der Waals surface area (Å²) in [5.41, 5.74) is 1.83. The molecule has 1 aliphatic rings. The number of nitrogens with zero attached hydrogens (tertiary/aromatic N) is 7. The van der Waals surface area contributed by atoms with Crippen LogP contribution < -0.4 is 4.90 Å². The number of rotatable bonds is 3. The molecular weight excluding hydrogens is 354 g/mol. The molecule has 9 nitrogen and oxygen atoms in total. The molecule has 0 bridgehead atoms. The standard InChI is InChI=1S/C16H21N7O2S/c1-12-10-14-17-4-5-23(14)19-16(12)21-6-8-22(9-7-21)26(24,25)15-11-18-13(2)20(15)3/h4-5,10-11H,6-9H2,1-3H3. The SMILES string of the molecule is Cc1cc2nccn2nc1N1CCN(S(=O)(=O)c2cnc(C)n2C)CC1. The zero-order valence-electron chi connectivity index (χ0n) is 15.0. The highest BCUT2D eigenvalue weighted by molar-refractivity contribution is 7.89. The number of aryl methyl sites for hydroxylation is 2. The summed E-state index contributed by atoms with van der Waals surface area (Å²) in [5.74, 6) is 1.54. The first kappa shape index (κ1) is 17.0. The molecule has 0 aromatic carbocycles. The first-order valence-corrected chi connectivity index (χ1v) is 9.86. The number of fused-ring (bicyclic) bond motifs is 1. The van der Waals surface area contributed by atoms with Crippen LogP contribution in [0.15, 0.2) is 29.7 Å². The van der Waals surface area contributed by atoms with E-state index < -0.39 is 10.0 Å². The lowest BCUT2D eigenvalue weighted by Gasteiger charge is -2.35. The van der Waals surface area contributed by atoms with E-state index in [1.807, 2.05) is 19.2 Å². The van der Waals surface area contributed by atoms with Crippen LogP contribution in [0.1, 0.15) is 11.4 Å². The molecule has 0 N–H and O–H groups in total. The summed E-state index contributed by atoms with van der Waals surface area (Å²) >= 11 is 0. The molecule has 0 unspecified atom stereocenters. The number of sulfonamides is 1. The van der Waals surface area contributed by atoms with Gasteiger partial charge in [-0.1, -0.05) is 0 Å². The number of anilines is 1. The molecule has 0 aliphatic carbocycles. The van der Waals surface area contributed by atoms with Crippen molar-refractivity contribution in [2.24, 2.45) is 7.05 Å². The minimum Gasteiger partial charge on any atom is -0.352 e. The van der Waals surface area contributed by atoms with Gasteiger partial charge in [0.1, 0.15) is 5.82 Å². The first-order chi connectivity index (χ1) is 12.4. The third-order valence-electron chi connectivity index (χ3n) is 4.87. The number of imidazole rings is 2. The Bertz CT molecular complexity index is 1060. The van der Waals surface area contributed by atoms with Crippen molar-refractivity contribution in [3.05, 3.63) is 36.0 Å². The summed E-state index contributed by atoms with van der Waals surface area (Å²) in [6, 6.07) is 1.99. The van der Waals surface area contributed by atoms with Crippen LogP contribution in [-0.2, 0) is 17.1 Å². The largest absolute Gasteiger partial charge is 0.352 e. The predicted molar refractivity (Wildman–Crippen MR) is 96.6 cm³/mol. The van der Waals surface area contributed by atoms with E-state index in [-0.39, 0.29) is 5.03 Å². The van der Waals surface area contributed by atoms with Crippen LogP contribution >= 0.6 is 0 Å². The molecule has 0 amide bonds. The highest BCUT2D eigenvalue weighted by atomic mass is 32.2. The minimum absolute atomic E-state index is 0.234. The molecule has 1 saturated heterocycles. The summed E-state index contributed by atoms with van der Waals surface area (Å²) in [6.07, 6.45) is 4.95. The fourth-order valence-corrected chi connectivity index (χ4v) is 4.81. The topological polar surface area (TPSA) is 88.6 Å². The van der Waals surface area contributed by atoms with Crippen molar-refractivity contribution in [2.45, 2.75) is 18.9 Å². The van der Waals surface area contributed by atoms with Crippen LogP contribution in [0.5, 0.6) is 0 Å². The average molecular weight is 375 g/mol. The molecule has 4 rings (SSSR count). The Morgan fingerprint density at radius 1 is 1.08 bits per heavy atom. The molecular formula is C16H21N7O2S. The maximum atomic E-state index is 12.9. The third kappa shape index (κ3) is 2.65. The van der Waals surface area contributed by atoms with E-state index >= 15 is 0 Å². The molecule has 3 aromatic rings. The Morgan fingerprint density at radius 2 is 1.81 bits per heavy atom. The van der Waals surface area contributed by atoms with Crippen LogP contribution in [0.4, 0.5) is 5.82 Å². The molecule has 1 fully saturated rings. The van der Waals surface area contributed by atoms with Gasteiger partial charge in [0.05, 0.1) is 6.20 Å². The Hall–Kier alpha value is -2.46. The average Bonchev–Trinajstić information content (AvgIpc) is 3.21. The molecule has 26 heavy (non-hydrogen) atoms. The monoisotopic (exact) mass is 375 g/mol. The van der Waals surface area contributed by atoms with Gasteiger partial charge in [0.25, 0.3) is 10.0 Å². The van der Waals surface area contributed by atoms with Gasteiger partial charge in [0, 0.05) is 45.6 Å². The van der Waals surface area contributed by atoms with E-state index in [4.69, 9.17) is 0 Å². The number of hydrogen-bond donors (Lipinski definition) is 0. The molecule has 3 aromatic heterocycles. The van der Waals surface area contributed by atoms with Crippen molar-refractivity contribution in [2.75, 3.05) is 31.1 Å². The van der Waals surface area contributed by atoms with Crippen LogP contribution in [0.25, 0.3) is 5.65 Å². The lowest BCUT2D eigenvalue weighted by molar-refractivity contribution is 0.380. The fraction of sp³-hybridized carbons (Fsp3) is 0.438. The molecule has 0 spiro atoms. The minimum atomic E-state index is -3.54. The molecule has 1 aliphatic heterocycles. The summed E-state index contributed by atoms with van der Waals surface area (Å²) in [6.45, 7) is 5.79. The lowest BCUT2D eigenvalue weighted by atomic mass is 10.2. The highest BCUT2D eigenvalue weighted by Gasteiger charge is 2.31. The molecule has 0 atom stereocenters. The zero-order chi connectivity index (χ0) is 18.5. The van der Waals surface area contributed by atoms with E-state index in [1.54, 1.807) is 29.3 Å². The fourth-order valence-electron chi connectivity index (χ4n) is 3.24. The van der Waals surface area contributed by atoms with Gasteiger partial charge in [-0.2, -0.15) is 4.31 Å². The summed E-state index contributed by atoms with van der Waals surface area (Å²) in [4.78, 5) is 10.5. The van der Waals surface area contributed by atoms with Gasteiger partial charge in [-0.25, -0.2) is 22.9 Å². The third-order valence-corrected chi connectivity index (χ3v) is 6.82. The van der Waals surface area contributed by atoms with Gasteiger partial charge in [0.2, 0.25) is 0 Å². The van der Waals surface area contributed by atoms with E-state index in [1.165, 1.54) is 10.5 Å². The Balaban J connectivity index is 1.55. The predicted octanol–water partition coefficient (Wildman–Crippen LogP) is 0.591. The van der Waals surface area contributed by atoms with E-state index in [9.17, 15) is 8.42 Å². The second kappa shape index (κ2) is 6.06. The Labute approximate surface area is 151 Å².